The molecule has 0 saturated carbocycles. The minimum atomic E-state index is -4.03. The number of hydrogen-bond donors (Lipinski definition) is 4. The first-order valence-electron chi connectivity index (χ1n) is 7.17. The zero-order valence-corrected chi connectivity index (χ0v) is 14.5. The van der Waals surface area contributed by atoms with E-state index >= 15 is 0 Å². The maximum Gasteiger partial charge on any atom is 0.329 e. The second-order valence-corrected chi connectivity index (χ2v) is 7.04. The molecule has 25 heavy (non-hydrogen) atoms. The molecular weight excluding hydrogens is 370 g/mol. The number of hydrogen-bond acceptors (Lipinski definition) is 5. The minimum absolute atomic E-state index is 0.115. The van der Waals surface area contributed by atoms with Gasteiger partial charge in [-0.1, -0.05) is 11.6 Å². The Kier molecular flexibility index (Phi) is 6.37. The summed E-state index contributed by atoms with van der Waals surface area (Å²) in [5.41, 5.74) is 0.861. The lowest BCUT2D eigenvalue weighted by molar-refractivity contribution is -0.120. The van der Waals surface area contributed by atoms with Crippen LogP contribution in [-0.2, 0) is 21.2 Å². The van der Waals surface area contributed by atoms with Gasteiger partial charge in [-0.05, 0) is 24.3 Å². The lowest BCUT2D eigenvalue weighted by atomic mass is 10.3. The molecule has 0 unspecified atom stereocenters. The maximum absolute atomic E-state index is 12.0. The van der Waals surface area contributed by atoms with E-state index in [1.54, 1.807) is 6.20 Å². The van der Waals surface area contributed by atoms with Crippen LogP contribution in [0.3, 0.4) is 0 Å². The molecule has 1 aromatic carbocycles. The number of amides is 3. The van der Waals surface area contributed by atoms with Crippen molar-refractivity contribution in [2.45, 2.75) is 11.3 Å². The molecule has 0 atom stereocenters. The number of carbonyl (C=O) groups is 2. The van der Waals surface area contributed by atoms with E-state index < -0.39 is 22.0 Å². The average molecular weight is 386 g/mol. The molecule has 0 aliphatic carbocycles. The zero-order valence-electron chi connectivity index (χ0n) is 13.0. The Balaban J connectivity index is 1.74. The van der Waals surface area contributed by atoms with Crippen molar-refractivity contribution in [2.24, 2.45) is 0 Å². The van der Waals surface area contributed by atoms with Gasteiger partial charge in [0.05, 0.1) is 17.8 Å². The van der Waals surface area contributed by atoms with Crippen LogP contribution in [0.5, 0.6) is 0 Å². The van der Waals surface area contributed by atoms with E-state index in [0.29, 0.717) is 18.0 Å². The van der Waals surface area contributed by atoms with Gasteiger partial charge in [-0.25, -0.2) is 22.9 Å². The Bertz CT molecular complexity index is 821. The van der Waals surface area contributed by atoms with Crippen LogP contribution in [0.25, 0.3) is 0 Å². The van der Waals surface area contributed by atoms with Gasteiger partial charge in [0.2, 0.25) is 5.91 Å². The second-order valence-electron chi connectivity index (χ2n) is 4.92. The first-order valence-corrected chi connectivity index (χ1v) is 9.03. The summed E-state index contributed by atoms with van der Waals surface area (Å²) < 4.78 is 25.8. The van der Waals surface area contributed by atoms with Gasteiger partial charge in [0.1, 0.15) is 0 Å². The highest BCUT2D eigenvalue weighted by atomic mass is 35.5. The fraction of sp³-hybridized carbons (Fsp3) is 0.214. The molecule has 0 aliphatic rings. The molecule has 1 heterocycles. The standard InChI is InChI=1S/C14H16ClN5O4S/c15-10-1-3-12(4-2-10)25(23,24)20-14(22)18-8-13(21)17-6-5-11-7-16-9-19-11/h1-4,7,9H,5-6,8H2,(H,16,19)(H,17,21)(H2,18,20,22). The van der Waals surface area contributed by atoms with Crippen LogP contribution in [-0.4, -0.2) is 43.4 Å². The highest BCUT2D eigenvalue weighted by Gasteiger charge is 2.17. The van der Waals surface area contributed by atoms with Crippen LogP contribution in [0.1, 0.15) is 5.69 Å². The average Bonchev–Trinajstić information content (AvgIpc) is 3.06. The van der Waals surface area contributed by atoms with E-state index in [9.17, 15) is 18.0 Å². The minimum Gasteiger partial charge on any atom is -0.354 e. The number of imidazole rings is 1. The fourth-order valence-electron chi connectivity index (χ4n) is 1.81. The van der Waals surface area contributed by atoms with Crippen LogP contribution in [0.4, 0.5) is 4.79 Å². The van der Waals surface area contributed by atoms with E-state index in [-0.39, 0.29) is 11.4 Å². The summed E-state index contributed by atoms with van der Waals surface area (Å²) >= 11 is 5.68. The van der Waals surface area contributed by atoms with Crippen molar-refractivity contribution in [2.75, 3.05) is 13.1 Å². The number of halogens is 1. The number of urea groups is 1. The van der Waals surface area contributed by atoms with Gasteiger partial charge in [-0.15, -0.1) is 0 Å². The van der Waals surface area contributed by atoms with E-state index in [1.807, 2.05) is 4.72 Å². The highest BCUT2D eigenvalue weighted by molar-refractivity contribution is 7.90. The summed E-state index contributed by atoms with van der Waals surface area (Å²) in [6, 6.07) is 4.31. The summed E-state index contributed by atoms with van der Waals surface area (Å²) in [7, 11) is -4.03. The number of benzene rings is 1. The predicted molar refractivity (Wildman–Crippen MR) is 90.5 cm³/mol. The third-order valence-electron chi connectivity index (χ3n) is 3.03. The molecule has 2 aromatic rings. The van der Waals surface area contributed by atoms with Crippen molar-refractivity contribution in [1.82, 2.24) is 25.3 Å². The van der Waals surface area contributed by atoms with E-state index in [4.69, 9.17) is 11.6 Å². The number of rotatable bonds is 7. The van der Waals surface area contributed by atoms with Gasteiger partial charge in [0.15, 0.2) is 0 Å². The first kappa shape index (κ1) is 18.7. The number of H-pyrrole nitrogens is 1. The summed E-state index contributed by atoms with van der Waals surface area (Å²) in [6.45, 7) is -0.00164. The van der Waals surface area contributed by atoms with Gasteiger partial charge in [-0.3, -0.25) is 4.79 Å². The molecule has 4 N–H and O–H groups in total. The fourth-order valence-corrected chi connectivity index (χ4v) is 2.87. The van der Waals surface area contributed by atoms with Crippen LogP contribution >= 0.6 is 11.6 Å². The van der Waals surface area contributed by atoms with Crippen LogP contribution in [0.2, 0.25) is 5.02 Å². The smallest absolute Gasteiger partial charge is 0.329 e. The van der Waals surface area contributed by atoms with Crippen molar-refractivity contribution in [3.8, 4) is 0 Å². The van der Waals surface area contributed by atoms with Crippen molar-refractivity contribution >= 4 is 33.6 Å². The van der Waals surface area contributed by atoms with Gasteiger partial charge in [0, 0.05) is 29.9 Å². The highest BCUT2D eigenvalue weighted by Crippen LogP contribution is 2.13. The first-order chi connectivity index (χ1) is 11.9. The van der Waals surface area contributed by atoms with Gasteiger partial charge < -0.3 is 15.6 Å². The summed E-state index contributed by atoms with van der Waals surface area (Å²) in [6.07, 6.45) is 3.73. The quantitative estimate of drug-likeness (QED) is 0.547. The number of aromatic amines is 1. The molecule has 0 radical (unpaired) electrons. The van der Waals surface area contributed by atoms with Crippen molar-refractivity contribution in [1.29, 1.82) is 0 Å². The molecule has 0 fully saturated rings. The molecule has 0 saturated heterocycles. The third kappa shape index (κ3) is 6.08. The van der Waals surface area contributed by atoms with Crippen LogP contribution in [0.15, 0.2) is 41.7 Å². The molecule has 0 aliphatic heterocycles. The Labute approximate surface area is 149 Å². The lowest BCUT2D eigenvalue weighted by Gasteiger charge is -2.09. The Morgan fingerprint density at radius 2 is 1.88 bits per heavy atom. The lowest BCUT2D eigenvalue weighted by Crippen LogP contribution is -2.44. The number of nitrogens with one attached hydrogen (secondary N) is 4. The molecule has 2 rings (SSSR count). The Morgan fingerprint density at radius 3 is 2.52 bits per heavy atom. The van der Waals surface area contributed by atoms with E-state index in [0.717, 1.165) is 5.69 Å². The molecule has 0 spiro atoms. The summed E-state index contributed by atoms with van der Waals surface area (Å²) in [5, 5.41) is 5.13. The van der Waals surface area contributed by atoms with E-state index in [1.165, 1.54) is 30.6 Å². The van der Waals surface area contributed by atoms with Crippen molar-refractivity contribution in [3.05, 3.63) is 47.5 Å². The number of aromatic nitrogens is 2. The Hall–Kier alpha value is -2.59. The normalized spacial score (nSPS) is 10.9. The van der Waals surface area contributed by atoms with Gasteiger partial charge in [-0.2, -0.15) is 0 Å². The summed E-state index contributed by atoms with van der Waals surface area (Å²) in [4.78, 5) is 29.9. The monoisotopic (exact) mass is 385 g/mol. The van der Waals surface area contributed by atoms with E-state index in [2.05, 4.69) is 20.6 Å². The Morgan fingerprint density at radius 1 is 1.16 bits per heavy atom. The largest absolute Gasteiger partial charge is 0.354 e. The van der Waals surface area contributed by atoms with Gasteiger partial charge in [0.25, 0.3) is 10.0 Å². The molecule has 11 heteroatoms. The maximum atomic E-state index is 12.0. The summed E-state index contributed by atoms with van der Waals surface area (Å²) in [5.74, 6) is -0.446. The molecule has 9 nitrogen and oxygen atoms in total. The SMILES string of the molecule is O=C(CNC(=O)NS(=O)(=O)c1ccc(Cl)cc1)NCCc1cnc[nH]1. The molecule has 134 valence electrons. The zero-order chi connectivity index (χ0) is 18.3. The number of nitrogens with zero attached hydrogens (tertiary/aromatic N) is 1. The molecule has 3 amide bonds. The number of carbonyl (C=O) groups excluding carboxylic acids is 2. The van der Waals surface area contributed by atoms with Gasteiger partial charge >= 0.3 is 6.03 Å². The van der Waals surface area contributed by atoms with Crippen LogP contribution < -0.4 is 15.4 Å². The van der Waals surface area contributed by atoms with Crippen molar-refractivity contribution < 1.29 is 18.0 Å². The number of sulfonamides is 1. The molecule has 1 aromatic heterocycles. The van der Waals surface area contributed by atoms with Crippen molar-refractivity contribution in [3.63, 3.8) is 0 Å². The molecular formula is C14H16ClN5O4S. The second kappa shape index (κ2) is 8.49. The molecule has 0 bridgehead atoms. The van der Waals surface area contributed by atoms with Crippen LogP contribution in [0, 0.1) is 0 Å². The third-order valence-corrected chi connectivity index (χ3v) is 4.63. The topological polar surface area (TPSA) is 133 Å². The predicted octanol–water partition coefficient (Wildman–Crippen LogP) is 0.410.